The fourth-order valence-corrected chi connectivity index (χ4v) is 8.68. The van der Waals surface area contributed by atoms with Crippen molar-refractivity contribution in [3.8, 4) is 5.75 Å². The van der Waals surface area contributed by atoms with Gasteiger partial charge in [0, 0.05) is 30.3 Å². The first-order valence-corrected chi connectivity index (χ1v) is 21.6. The number of halogens is 2. The molecule has 8 heteroatoms. The van der Waals surface area contributed by atoms with Crippen molar-refractivity contribution >= 4 is 18.8 Å². The number of unbranched alkanes of at least 4 members (excludes halogenated alkanes) is 5. The molecule has 0 radical (unpaired) electrons. The van der Waals surface area contributed by atoms with Gasteiger partial charge in [-0.05, 0) is 110 Å². The summed E-state index contributed by atoms with van der Waals surface area (Å²) in [5.41, 5.74) is 3.44. The molecule has 2 aromatic rings. The maximum atomic E-state index is 11.7. The van der Waals surface area contributed by atoms with Crippen molar-refractivity contribution in [2.75, 3.05) is 19.7 Å². The zero-order chi connectivity index (χ0) is 30.0. The maximum absolute atomic E-state index is 11.7. The Kier molecular flexibility index (Phi) is 13.5. The fraction of sp³-hybridized carbons (Fsp3) is 0.676. The monoisotopic (exact) mass is 799 g/mol. The summed E-state index contributed by atoms with van der Waals surface area (Å²) in [4.78, 5) is 4.37. The van der Waals surface area contributed by atoms with Crippen molar-refractivity contribution in [1.82, 2.24) is 10.3 Å². The normalized spacial score (nSPS) is 29.7. The Bertz CT molecular complexity index is 1100. The molecule has 6 atom stereocenters. The van der Waals surface area contributed by atoms with E-state index in [1.165, 1.54) is 43.2 Å². The molecule has 1 aromatic carbocycles. The number of aromatic nitrogens is 1. The number of aryl methyl sites for hydroxylation is 1. The Hall–Kier alpha value is -0.682. The Morgan fingerprint density at radius 1 is 1.02 bits per heavy atom. The summed E-state index contributed by atoms with van der Waals surface area (Å²) in [6, 6.07) is 12.0. The van der Waals surface area contributed by atoms with Crippen LogP contribution in [0.3, 0.4) is 0 Å². The molecular formula is C34H50Cl2N2O3Pt. The Balaban J connectivity index is 0.00000129. The number of hydrogen-bond donors (Lipinski definition) is 4. The fourth-order valence-electron chi connectivity index (χ4n) is 8.68. The van der Waals surface area contributed by atoms with Gasteiger partial charge in [0.25, 0.3) is 0 Å². The van der Waals surface area contributed by atoms with Crippen LogP contribution in [0.25, 0.3) is 0 Å². The predicted molar refractivity (Wildman–Crippen MR) is 168 cm³/mol. The van der Waals surface area contributed by atoms with Gasteiger partial charge in [-0.15, -0.1) is 0 Å². The zero-order valence-corrected chi connectivity index (χ0v) is 28.8. The topological polar surface area (TPSA) is 85.6 Å². The van der Waals surface area contributed by atoms with Crippen LogP contribution in [-0.4, -0.2) is 46.1 Å². The van der Waals surface area contributed by atoms with E-state index in [0.29, 0.717) is 23.5 Å². The number of aromatic hydroxyl groups is 1. The number of hydrogen-bond acceptors (Lipinski definition) is 5. The molecule has 4 N–H and O–H groups in total. The number of phenols is 1. The molecule has 42 heavy (non-hydrogen) atoms. The minimum absolute atomic E-state index is 0.0953. The number of aliphatic hydroxyl groups is 2. The van der Waals surface area contributed by atoms with Crippen LogP contribution in [-0.2, 0) is 29.3 Å². The summed E-state index contributed by atoms with van der Waals surface area (Å²) in [7, 11) is 9.75. The number of benzene rings is 1. The molecule has 238 valence electrons. The second-order valence-electron chi connectivity index (χ2n) is 13.2. The van der Waals surface area contributed by atoms with Gasteiger partial charge in [-0.2, -0.15) is 0 Å². The molecular weight excluding hydrogens is 750 g/mol. The standard InChI is InChI=1S/C34H50N2O3.2ClH.Pt/c1-33-18-15-29-28-14-12-27(38)22-25(28)11-13-30(29)31(33)23-34(24-37,32(33)39)17-7-4-2-3-5-8-19-35-21-16-26-10-6-9-20-36-26;;;/h6,9-10,12,14,20,22,29-32,35,37-39H,2-5,7-8,11,13,15-19,21,23-24H2,1H3;2*1H;/q;;;+2/p-2/t29?,30?,31?,32-,33+,34-;;;/m1.../s1. The van der Waals surface area contributed by atoms with Crippen LogP contribution in [0.15, 0.2) is 42.6 Å². The molecule has 3 aliphatic carbocycles. The van der Waals surface area contributed by atoms with E-state index in [1.54, 1.807) is 0 Å². The number of nitrogens with zero attached hydrogens (tertiary/aromatic N) is 1. The van der Waals surface area contributed by atoms with Crippen molar-refractivity contribution in [3.05, 3.63) is 59.4 Å². The average Bonchev–Trinajstić information content (AvgIpc) is 3.23. The van der Waals surface area contributed by atoms with E-state index in [-0.39, 0.29) is 17.4 Å². The van der Waals surface area contributed by atoms with Gasteiger partial charge in [0.15, 0.2) is 0 Å². The Morgan fingerprint density at radius 3 is 2.52 bits per heavy atom. The second kappa shape index (κ2) is 16.6. The number of phenolic OH excluding ortho intramolecular Hbond substituents is 1. The molecule has 3 aliphatic rings. The molecule has 2 saturated carbocycles. The van der Waals surface area contributed by atoms with E-state index in [2.05, 4.69) is 29.4 Å². The summed E-state index contributed by atoms with van der Waals surface area (Å²) in [6.45, 7) is 4.47. The zero-order valence-electron chi connectivity index (χ0n) is 25.0. The first kappa shape index (κ1) is 34.2. The number of aliphatic hydroxyl groups excluding tert-OH is 2. The van der Waals surface area contributed by atoms with Gasteiger partial charge in [-0.1, -0.05) is 51.2 Å². The Morgan fingerprint density at radius 2 is 1.79 bits per heavy atom. The van der Waals surface area contributed by atoms with Crippen molar-refractivity contribution < 1.29 is 31.8 Å². The number of pyridine rings is 1. The van der Waals surface area contributed by atoms with Crippen LogP contribution in [0.4, 0.5) is 0 Å². The molecule has 0 saturated heterocycles. The van der Waals surface area contributed by atoms with E-state index in [0.717, 1.165) is 70.2 Å². The molecule has 1 aromatic heterocycles. The summed E-state index contributed by atoms with van der Waals surface area (Å²) >= 11 is -0.472. The quantitative estimate of drug-likeness (QED) is 0.158. The van der Waals surface area contributed by atoms with Gasteiger partial charge in [-0.3, -0.25) is 4.98 Å². The van der Waals surface area contributed by atoms with Crippen LogP contribution < -0.4 is 5.32 Å². The number of nitrogens with one attached hydrogen (secondary N) is 1. The molecule has 5 nitrogen and oxygen atoms in total. The minimum atomic E-state index is -0.472. The van der Waals surface area contributed by atoms with Gasteiger partial charge < -0.3 is 20.6 Å². The molecule has 5 rings (SSSR count). The van der Waals surface area contributed by atoms with Gasteiger partial charge in [0.05, 0.1) is 12.7 Å². The third-order valence-corrected chi connectivity index (χ3v) is 10.9. The molecule has 1 heterocycles. The van der Waals surface area contributed by atoms with E-state index in [4.69, 9.17) is 18.8 Å². The first-order chi connectivity index (χ1) is 20.4. The summed E-state index contributed by atoms with van der Waals surface area (Å²) in [5, 5.41) is 35.9. The van der Waals surface area contributed by atoms with Gasteiger partial charge in [0.2, 0.25) is 0 Å². The van der Waals surface area contributed by atoms with E-state index >= 15 is 0 Å². The van der Waals surface area contributed by atoms with Gasteiger partial charge >= 0.3 is 35.3 Å². The molecule has 3 unspecified atom stereocenters. The van der Waals surface area contributed by atoms with E-state index in [9.17, 15) is 15.3 Å². The predicted octanol–water partition coefficient (Wildman–Crippen LogP) is 7.53. The van der Waals surface area contributed by atoms with Crippen LogP contribution in [0.5, 0.6) is 5.75 Å². The Labute approximate surface area is 269 Å². The SMILES string of the molecule is C[C@]12CCC3c4ccc(O)cc4CCC3C1C[C@@](CO)(CCCCCCCCNCCc1ccccn1)[C@@H]2O.[Cl][Pt][Cl]. The van der Waals surface area contributed by atoms with E-state index in [1.807, 2.05) is 30.5 Å². The average molecular weight is 801 g/mol. The van der Waals surface area contributed by atoms with Crippen molar-refractivity contribution in [2.45, 2.75) is 102 Å². The molecule has 2 fully saturated rings. The number of fused-ring (bicyclic) bond motifs is 5. The van der Waals surface area contributed by atoms with Gasteiger partial charge in [0.1, 0.15) is 5.75 Å². The van der Waals surface area contributed by atoms with Crippen molar-refractivity contribution in [3.63, 3.8) is 0 Å². The summed E-state index contributed by atoms with van der Waals surface area (Å²) in [5.74, 6) is 1.93. The van der Waals surface area contributed by atoms with Crippen LogP contribution in [0.2, 0.25) is 0 Å². The summed E-state index contributed by atoms with van der Waals surface area (Å²) < 4.78 is 0. The third-order valence-electron chi connectivity index (χ3n) is 10.9. The van der Waals surface area contributed by atoms with Crippen molar-refractivity contribution in [2.24, 2.45) is 22.7 Å². The van der Waals surface area contributed by atoms with Crippen LogP contribution in [0.1, 0.15) is 100 Å². The van der Waals surface area contributed by atoms with Crippen molar-refractivity contribution in [1.29, 1.82) is 0 Å². The molecule has 0 aliphatic heterocycles. The molecule has 0 bridgehead atoms. The van der Waals surface area contributed by atoms with E-state index < -0.39 is 22.6 Å². The van der Waals surface area contributed by atoms with Gasteiger partial charge in [-0.25, -0.2) is 0 Å². The summed E-state index contributed by atoms with van der Waals surface area (Å²) in [6.07, 6.45) is 15.8. The molecule has 0 amide bonds. The van der Waals surface area contributed by atoms with Crippen LogP contribution in [0, 0.1) is 22.7 Å². The molecule has 0 spiro atoms. The third kappa shape index (κ3) is 8.12. The second-order valence-corrected chi connectivity index (χ2v) is 16.5. The number of rotatable bonds is 13. The van der Waals surface area contributed by atoms with Crippen LogP contribution >= 0.6 is 18.8 Å². The first-order valence-electron chi connectivity index (χ1n) is 15.9.